The Kier molecular flexibility index (Phi) is 3.91. The number of ether oxygens (including phenoxy) is 2. The van der Waals surface area contributed by atoms with E-state index in [0.29, 0.717) is 30.8 Å². The summed E-state index contributed by atoms with van der Waals surface area (Å²) in [6.07, 6.45) is 0. The lowest BCUT2D eigenvalue weighted by atomic mass is 10.1. The van der Waals surface area contributed by atoms with Crippen molar-refractivity contribution in [1.82, 2.24) is 5.32 Å². The third kappa shape index (κ3) is 3.00. The highest BCUT2D eigenvalue weighted by atomic mass is 19.1. The topological polar surface area (TPSA) is 47.6 Å². The number of benzene rings is 2. The number of nitrogens with one attached hydrogen (secondary N) is 1. The van der Waals surface area contributed by atoms with E-state index in [1.165, 1.54) is 0 Å². The summed E-state index contributed by atoms with van der Waals surface area (Å²) in [5.74, 6) is -0.940. The zero-order valence-electron chi connectivity index (χ0n) is 11.6. The second-order valence-electron chi connectivity index (χ2n) is 4.78. The molecule has 1 amide bonds. The number of carbonyl (C=O) groups is 1. The fourth-order valence-electron chi connectivity index (χ4n) is 2.15. The minimum absolute atomic E-state index is 0.195. The van der Waals surface area contributed by atoms with E-state index in [9.17, 15) is 13.6 Å². The largest absolute Gasteiger partial charge is 0.486 e. The van der Waals surface area contributed by atoms with E-state index < -0.39 is 17.5 Å². The quantitative estimate of drug-likeness (QED) is 0.948. The number of amides is 1. The predicted octanol–water partition coefficient (Wildman–Crippen LogP) is 2.67. The van der Waals surface area contributed by atoms with Gasteiger partial charge in [0.25, 0.3) is 5.91 Å². The van der Waals surface area contributed by atoms with Crippen LogP contribution in [-0.4, -0.2) is 19.1 Å². The molecule has 4 nitrogen and oxygen atoms in total. The highest BCUT2D eigenvalue weighted by Gasteiger charge is 2.14. The molecule has 0 atom stereocenters. The molecule has 0 bridgehead atoms. The van der Waals surface area contributed by atoms with Crippen molar-refractivity contribution in [2.24, 2.45) is 0 Å². The van der Waals surface area contributed by atoms with Crippen molar-refractivity contribution in [3.05, 3.63) is 59.2 Å². The number of carbonyl (C=O) groups excluding carboxylic acids is 1. The van der Waals surface area contributed by atoms with E-state index in [4.69, 9.17) is 9.47 Å². The van der Waals surface area contributed by atoms with Crippen LogP contribution in [0.4, 0.5) is 8.78 Å². The van der Waals surface area contributed by atoms with Gasteiger partial charge in [0.2, 0.25) is 0 Å². The van der Waals surface area contributed by atoms with E-state index in [1.54, 1.807) is 18.2 Å². The molecule has 0 radical (unpaired) electrons. The molecule has 0 fully saturated rings. The van der Waals surface area contributed by atoms with Gasteiger partial charge in [0, 0.05) is 12.6 Å². The molecule has 2 aromatic rings. The first kappa shape index (κ1) is 14.3. The van der Waals surface area contributed by atoms with Crippen LogP contribution in [0.15, 0.2) is 36.4 Å². The van der Waals surface area contributed by atoms with Crippen LogP contribution in [0.5, 0.6) is 11.5 Å². The lowest BCUT2D eigenvalue weighted by Crippen LogP contribution is -2.24. The van der Waals surface area contributed by atoms with E-state index >= 15 is 0 Å². The highest BCUT2D eigenvalue weighted by molar-refractivity contribution is 5.94. The Labute approximate surface area is 125 Å². The van der Waals surface area contributed by atoms with Gasteiger partial charge in [-0.3, -0.25) is 4.79 Å². The van der Waals surface area contributed by atoms with Gasteiger partial charge in [-0.25, -0.2) is 8.78 Å². The summed E-state index contributed by atoms with van der Waals surface area (Å²) >= 11 is 0. The van der Waals surface area contributed by atoms with Crippen LogP contribution in [0.1, 0.15) is 15.9 Å². The first-order valence-corrected chi connectivity index (χ1v) is 6.75. The van der Waals surface area contributed by atoms with Crippen LogP contribution in [0.2, 0.25) is 0 Å². The Bertz CT molecular complexity index is 719. The van der Waals surface area contributed by atoms with Crippen LogP contribution in [0.25, 0.3) is 0 Å². The molecule has 0 aliphatic carbocycles. The third-order valence-electron chi connectivity index (χ3n) is 3.24. The van der Waals surface area contributed by atoms with E-state index in [-0.39, 0.29) is 12.1 Å². The molecule has 2 aromatic carbocycles. The fraction of sp³-hybridized carbons (Fsp3) is 0.188. The molecule has 1 aliphatic rings. The summed E-state index contributed by atoms with van der Waals surface area (Å²) in [7, 11) is 0. The first-order chi connectivity index (χ1) is 10.6. The second kappa shape index (κ2) is 6.01. The standard InChI is InChI=1S/C16H13F2NO3/c17-11-2-3-12(13(18)8-11)16(20)19-9-10-1-4-14-15(7-10)22-6-5-21-14/h1-4,7-8H,5-6,9H2,(H,19,20). The van der Waals surface area contributed by atoms with Gasteiger partial charge >= 0.3 is 0 Å². The van der Waals surface area contributed by atoms with Crippen molar-refractivity contribution in [3.63, 3.8) is 0 Å². The van der Waals surface area contributed by atoms with Gasteiger partial charge in [-0.1, -0.05) is 6.07 Å². The van der Waals surface area contributed by atoms with Gasteiger partial charge in [-0.15, -0.1) is 0 Å². The van der Waals surface area contributed by atoms with Crippen molar-refractivity contribution in [3.8, 4) is 11.5 Å². The van der Waals surface area contributed by atoms with Gasteiger partial charge in [-0.2, -0.15) is 0 Å². The van der Waals surface area contributed by atoms with Crippen LogP contribution in [-0.2, 0) is 6.54 Å². The molecule has 22 heavy (non-hydrogen) atoms. The van der Waals surface area contributed by atoms with Gasteiger partial charge in [0.05, 0.1) is 5.56 Å². The van der Waals surface area contributed by atoms with Crippen LogP contribution in [0.3, 0.4) is 0 Å². The van der Waals surface area contributed by atoms with E-state index in [0.717, 1.165) is 17.7 Å². The van der Waals surface area contributed by atoms with Crippen LogP contribution < -0.4 is 14.8 Å². The zero-order valence-corrected chi connectivity index (χ0v) is 11.6. The Morgan fingerprint density at radius 2 is 1.82 bits per heavy atom. The SMILES string of the molecule is O=C(NCc1ccc2c(c1)OCCO2)c1ccc(F)cc1F. The molecule has 0 spiro atoms. The molecule has 0 saturated heterocycles. The molecule has 0 aromatic heterocycles. The second-order valence-corrected chi connectivity index (χ2v) is 4.78. The zero-order chi connectivity index (χ0) is 15.5. The Morgan fingerprint density at radius 1 is 1.05 bits per heavy atom. The minimum atomic E-state index is -0.889. The van der Waals surface area contributed by atoms with Gasteiger partial charge < -0.3 is 14.8 Å². The number of hydrogen-bond acceptors (Lipinski definition) is 3. The lowest BCUT2D eigenvalue weighted by Gasteiger charge is -2.19. The maximum Gasteiger partial charge on any atom is 0.254 e. The fourth-order valence-corrected chi connectivity index (χ4v) is 2.15. The van der Waals surface area contributed by atoms with Crippen molar-refractivity contribution in [2.75, 3.05) is 13.2 Å². The van der Waals surface area contributed by atoms with E-state index in [2.05, 4.69) is 5.32 Å². The molecule has 1 heterocycles. The molecule has 1 aliphatic heterocycles. The maximum absolute atomic E-state index is 13.5. The van der Waals surface area contributed by atoms with Gasteiger partial charge in [-0.05, 0) is 29.8 Å². The number of fused-ring (bicyclic) bond motifs is 1. The molecular formula is C16H13F2NO3. The van der Waals surface area contributed by atoms with Crippen molar-refractivity contribution < 1.29 is 23.0 Å². The lowest BCUT2D eigenvalue weighted by molar-refractivity contribution is 0.0946. The molecular weight excluding hydrogens is 292 g/mol. The van der Waals surface area contributed by atoms with Crippen molar-refractivity contribution >= 4 is 5.91 Å². The molecule has 114 valence electrons. The Balaban J connectivity index is 1.68. The van der Waals surface area contributed by atoms with Crippen LogP contribution in [0, 0.1) is 11.6 Å². The number of hydrogen-bond donors (Lipinski definition) is 1. The number of halogens is 2. The molecule has 1 N–H and O–H groups in total. The predicted molar refractivity (Wildman–Crippen MR) is 75.0 cm³/mol. The normalized spacial score (nSPS) is 12.8. The van der Waals surface area contributed by atoms with Gasteiger partial charge in [0.15, 0.2) is 11.5 Å². The first-order valence-electron chi connectivity index (χ1n) is 6.75. The smallest absolute Gasteiger partial charge is 0.254 e. The molecule has 0 saturated carbocycles. The maximum atomic E-state index is 13.5. The highest BCUT2D eigenvalue weighted by Crippen LogP contribution is 2.30. The Morgan fingerprint density at radius 3 is 2.59 bits per heavy atom. The summed E-state index contributed by atoms with van der Waals surface area (Å²) in [6, 6.07) is 8.14. The average molecular weight is 305 g/mol. The summed E-state index contributed by atoms with van der Waals surface area (Å²) in [4.78, 5) is 11.9. The van der Waals surface area contributed by atoms with Crippen LogP contribution >= 0.6 is 0 Å². The summed E-state index contributed by atoms with van der Waals surface area (Å²) < 4.78 is 37.2. The third-order valence-corrected chi connectivity index (χ3v) is 3.24. The molecule has 0 unspecified atom stereocenters. The van der Waals surface area contributed by atoms with Crippen molar-refractivity contribution in [1.29, 1.82) is 0 Å². The molecule has 6 heteroatoms. The van der Waals surface area contributed by atoms with Crippen molar-refractivity contribution in [2.45, 2.75) is 6.54 Å². The van der Waals surface area contributed by atoms with Gasteiger partial charge in [0.1, 0.15) is 24.8 Å². The summed E-state index contributed by atoms with van der Waals surface area (Å²) in [6.45, 7) is 1.18. The average Bonchev–Trinajstić information content (AvgIpc) is 2.52. The summed E-state index contributed by atoms with van der Waals surface area (Å²) in [5.41, 5.74) is 0.596. The molecule has 3 rings (SSSR count). The number of rotatable bonds is 3. The minimum Gasteiger partial charge on any atom is -0.486 e. The Hall–Kier alpha value is -2.63. The monoisotopic (exact) mass is 305 g/mol. The summed E-state index contributed by atoms with van der Waals surface area (Å²) in [5, 5.41) is 2.58. The van der Waals surface area contributed by atoms with E-state index in [1.807, 2.05) is 0 Å².